The monoisotopic (exact) mass is 498 g/mol. The quantitative estimate of drug-likeness (QED) is 0.230. The van der Waals surface area contributed by atoms with Gasteiger partial charge in [-0.25, -0.2) is 9.67 Å². The van der Waals surface area contributed by atoms with E-state index in [9.17, 15) is 14.8 Å². The molecule has 1 aliphatic rings. The molecule has 178 valence electrons. The van der Waals surface area contributed by atoms with E-state index >= 15 is 0 Å². The summed E-state index contributed by atoms with van der Waals surface area (Å²) in [5.74, 6) is 0. The number of rotatable bonds is 8. The van der Waals surface area contributed by atoms with Crippen LogP contribution in [0.1, 0.15) is 24.8 Å². The number of aliphatic hydroxyl groups is 2. The standard InChI is InChI=1S/C20H24ClN4O7P/c1-11(12-5-3-2-4-6-12)23-14-7-16(21)24-19-13(14)8-22-25(19)20-18(27)17(26)15(32-20)9-31-10-33(28,29)30/h2-8,11,15,17-18,20,26-27H,9-10H2,1H3,(H,23,24)(H2,28,29,30)/t11-,15-,17-,18-,20-/m1/s1. The molecule has 1 aliphatic heterocycles. The van der Waals surface area contributed by atoms with Crippen molar-refractivity contribution < 1.29 is 34.0 Å². The number of hydrogen-bond donors (Lipinski definition) is 5. The van der Waals surface area contributed by atoms with Gasteiger partial charge in [0.2, 0.25) is 0 Å². The van der Waals surface area contributed by atoms with Gasteiger partial charge in [-0.2, -0.15) is 5.10 Å². The van der Waals surface area contributed by atoms with E-state index < -0.39 is 38.5 Å². The molecule has 2 aromatic heterocycles. The van der Waals surface area contributed by atoms with Crippen molar-refractivity contribution >= 4 is 35.9 Å². The van der Waals surface area contributed by atoms with Crippen LogP contribution in [0.4, 0.5) is 5.69 Å². The number of aromatic nitrogens is 3. The van der Waals surface area contributed by atoms with Gasteiger partial charge in [0.15, 0.2) is 11.9 Å². The Bertz CT molecular complexity index is 1160. The molecule has 4 rings (SSSR count). The average molecular weight is 499 g/mol. The van der Waals surface area contributed by atoms with Gasteiger partial charge in [-0.05, 0) is 18.6 Å². The number of halogens is 1. The molecule has 3 aromatic rings. The van der Waals surface area contributed by atoms with Gasteiger partial charge in [-0.1, -0.05) is 41.9 Å². The Hall–Kier alpha value is -2.08. The maximum atomic E-state index is 11.0. The van der Waals surface area contributed by atoms with E-state index in [1.165, 1.54) is 4.68 Å². The van der Waals surface area contributed by atoms with Crippen molar-refractivity contribution in [2.24, 2.45) is 0 Å². The van der Waals surface area contributed by atoms with Gasteiger partial charge in [0.1, 0.15) is 29.8 Å². The lowest BCUT2D eigenvalue weighted by molar-refractivity contribution is -0.0658. The van der Waals surface area contributed by atoms with Crippen LogP contribution in [0.25, 0.3) is 11.0 Å². The average Bonchev–Trinajstić information content (AvgIpc) is 3.29. The third-order valence-corrected chi connectivity index (χ3v) is 6.04. The third kappa shape index (κ3) is 5.37. The summed E-state index contributed by atoms with van der Waals surface area (Å²) in [5, 5.41) is 29.4. The zero-order valence-corrected chi connectivity index (χ0v) is 19.2. The maximum Gasteiger partial charge on any atom is 0.350 e. The summed E-state index contributed by atoms with van der Waals surface area (Å²) in [6, 6.07) is 11.5. The van der Waals surface area contributed by atoms with Crippen LogP contribution in [0.2, 0.25) is 5.15 Å². The Labute approximate surface area is 194 Å². The van der Waals surface area contributed by atoms with Crippen LogP contribution in [-0.4, -0.2) is 66.0 Å². The highest BCUT2D eigenvalue weighted by atomic mass is 35.5. The lowest BCUT2D eigenvalue weighted by atomic mass is 10.1. The highest BCUT2D eigenvalue weighted by Gasteiger charge is 2.45. The van der Waals surface area contributed by atoms with Crippen LogP contribution in [-0.2, 0) is 14.0 Å². The molecule has 0 radical (unpaired) electrons. The predicted molar refractivity (Wildman–Crippen MR) is 120 cm³/mol. The van der Waals surface area contributed by atoms with E-state index in [0.717, 1.165) is 5.56 Å². The van der Waals surface area contributed by atoms with Crippen molar-refractivity contribution in [3.8, 4) is 0 Å². The molecule has 0 aliphatic carbocycles. The van der Waals surface area contributed by atoms with Crippen molar-refractivity contribution in [2.45, 2.75) is 37.5 Å². The second-order valence-electron chi connectivity index (χ2n) is 7.81. The summed E-state index contributed by atoms with van der Waals surface area (Å²) in [6.45, 7) is 1.68. The van der Waals surface area contributed by atoms with Crippen LogP contribution in [0.5, 0.6) is 0 Å². The third-order valence-electron chi connectivity index (χ3n) is 5.33. The number of nitrogens with one attached hydrogen (secondary N) is 1. The fourth-order valence-corrected chi connectivity index (χ4v) is 4.24. The second-order valence-corrected chi connectivity index (χ2v) is 9.78. The van der Waals surface area contributed by atoms with Crippen LogP contribution < -0.4 is 5.32 Å². The molecule has 0 amide bonds. The van der Waals surface area contributed by atoms with Gasteiger partial charge in [-0.15, -0.1) is 0 Å². The van der Waals surface area contributed by atoms with Crippen LogP contribution in [0.3, 0.4) is 0 Å². The Morgan fingerprint density at radius 1 is 1.27 bits per heavy atom. The SMILES string of the molecule is C[C@@H](Nc1cc(Cl)nc2c1cnn2[C@@H]1O[C@H](COCP(=O)(O)O)[C@@H](O)[C@H]1O)c1ccccc1. The summed E-state index contributed by atoms with van der Waals surface area (Å²) in [6.07, 6.45) is -4.13. The normalized spacial score (nSPS) is 24.3. The molecule has 0 unspecified atom stereocenters. The van der Waals surface area contributed by atoms with Gasteiger partial charge in [0.05, 0.1) is 23.9 Å². The van der Waals surface area contributed by atoms with Crippen LogP contribution in [0, 0.1) is 0 Å². The molecule has 33 heavy (non-hydrogen) atoms. The van der Waals surface area contributed by atoms with Gasteiger partial charge in [-0.3, -0.25) is 4.57 Å². The Morgan fingerprint density at radius 2 is 2.00 bits per heavy atom. The summed E-state index contributed by atoms with van der Waals surface area (Å²) in [5.41, 5.74) is 2.09. The van der Waals surface area contributed by atoms with Gasteiger partial charge in [0, 0.05) is 6.04 Å². The molecule has 1 fully saturated rings. The number of ether oxygens (including phenoxy) is 2. The molecule has 11 nitrogen and oxygen atoms in total. The number of aliphatic hydroxyl groups excluding tert-OH is 2. The minimum absolute atomic E-state index is 0.0399. The minimum atomic E-state index is -4.37. The number of nitrogens with zero attached hydrogens (tertiary/aromatic N) is 3. The number of benzene rings is 1. The van der Waals surface area contributed by atoms with E-state index in [2.05, 4.69) is 15.4 Å². The van der Waals surface area contributed by atoms with Crippen LogP contribution >= 0.6 is 19.2 Å². The van der Waals surface area contributed by atoms with Gasteiger partial charge >= 0.3 is 7.60 Å². The van der Waals surface area contributed by atoms with Gasteiger partial charge < -0.3 is 34.8 Å². The second kappa shape index (κ2) is 9.65. The van der Waals surface area contributed by atoms with Crippen LogP contribution in [0.15, 0.2) is 42.6 Å². The smallest absolute Gasteiger partial charge is 0.350 e. The van der Waals surface area contributed by atoms with Crippen molar-refractivity contribution in [2.75, 3.05) is 18.3 Å². The number of fused-ring (bicyclic) bond motifs is 1. The fraction of sp³-hybridized carbons (Fsp3) is 0.400. The number of pyridine rings is 1. The topological polar surface area (TPSA) is 159 Å². The van der Waals surface area contributed by atoms with E-state index in [4.69, 9.17) is 30.9 Å². The largest absolute Gasteiger partial charge is 0.387 e. The van der Waals surface area contributed by atoms with Crippen molar-refractivity contribution in [1.29, 1.82) is 0 Å². The first-order valence-electron chi connectivity index (χ1n) is 10.1. The lowest BCUT2D eigenvalue weighted by Gasteiger charge is -2.18. The Balaban J connectivity index is 1.57. The van der Waals surface area contributed by atoms with E-state index in [0.29, 0.717) is 16.7 Å². The molecular formula is C20H24ClN4O7P. The summed E-state index contributed by atoms with van der Waals surface area (Å²) in [7, 11) is -4.37. The predicted octanol–water partition coefficient (Wildman–Crippen LogP) is 2.03. The highest BCUT2D eigenvalue weighted by molar-refractivity contribution is 7.51. The zero-order valence-electron chi connectivity index (χ0n) is 17.5. The van der Waals surface area contributed by atoms with E-state index in [-0.39, 0.29) is 17.8 Å². The van der Waals surface area contributed by atoms with Crippen molar-refractivity contribution in [1.82, 2.24) is 14.8 Å². The molecule has 1 aromatic carbocycles. The molecule has 0 bridgehead atoms. The lowest BCUT2D eigenvalue weighted by Crippen LogP contribution is -2.34. The Morgan fingerprint density at radius 3 is 2.70 bits per heavy atom. The molecular weight excluding hydrogens is 475 g/mol. The number of hydrogen-bond acceptors (Lipinski definition) is 8. The summed E-state index contributed by atoms with van der Waals surface area (Å²) < 4.78 is 22.9. The summed E-state index contributed by atoms with van der Waals surface area (Å²) in [4.78, 5) is 22.1. The van der Waals surface area contributed by atoms with Crippen molar-refractivity contribution in [3.63, 3.8) is 0 Å². The first-order chi connectivity index (χ1) is 15.6. The highest BCUT2D eigenvalue weighted by Crippen LogP contribution is 2.36. The molecule has 3 heterocycles. The molecule has 0 saturated carbocycles. The maximum absolute atomic E-state index is 11.0. The first kappa shape index (κ1) is 24.1. The fourth-order valence-electron chi connectivity index (χ4n) is 3.71. The molecule has 5 atom stereocenters. The Kier molecular flexibility index (Phi) is 7.04. The van der Waals surface area contributed by atoms with Gasteiger partial charge in [0.25, 0.3) is 0 Å². The minimum Gasteiger partial charge on any atom is -0.387 e. The van der Waals surface area contributed by atoms with E-state index in [1.807, 2.05) is 37.3 Å². The summed E-state index contributed by atoms with van der Waals surface area (Å²) >= 11 is 6.26. The molecule has 0 spiro atoms. The van der Waals surface area contributed by atoms with Crippen molar-refractivity contribution in [3.05, 3.63) is 53.3 Å². The zero-order chi connectivity index (χ0) is 23.8. The van der Waals surface area contributed by atoms with E-state index in [1.54, 1.807) is 12.3 Å². The molecule has 1 saturated heterocycles. The molecule has 13 heteroatoms. The molecule has 5 N–H and O–H groups in total. The number of anilines is 1. The first-order valence-corrected chi connectivity index (χ1v) is 12.3.